The van der Waals surface area contributed by atoms with Gasteiger partial charge >= 0.3 is 6.09 Å². The maximum atomic E-state index is 16.5. The van der Waals surface area contributed by atoms with Crippen LogP contribution in [-0.4, -0.2) is 69.1 Å². The van der Waals surface area contributed by atoms with Crippen molar-refractivity contribution >= 4 is 33.1 Å². The molecule has 0 saturated carbocycles. The molecule has 49 heavy (non-hydrogen) atoms. The Morgan fingerprint density at radius 1 is 1.00 bits per heavy atom. The van der Waals surface area contributed by atoms with Crippen molar-refractivity contribution in [2.45, 2.75) is 38.2 Å². The molecule has 3 atom stereocenters. The molecule has 13 heteroatoms. The molecule has 4 heterocycles. The lowest BCUT2D eigenvalue weighted by Gasteiger charge is -2.48. The molecule has 1 fully saturated rings. The molecular weight excluding hydrogens is 649 g/mol. The van der Waals surface area contributed by atoms with E-state index in [-0.39, 0.29) is 29.2 Å². The van der Waals surface area contributed by atoms with E-state index in [2.05, 4.69) is 15.3 Å². The van der Waals surface area contributed by atoms with Crippen LogP contribution in [0.1, 0.15) is 30.5 Å². The summed E-state index contributed by atoms with van der Waals surface area (Å²) in [5.74, 6) is -2.26. The number of carboxylic acid groups (broad SMARTS) is 1. The van der Waals surface area contributed by atoms with E-state index in [1.807, 2.05) is 13.0 Å². The minimum atomic E-state index is -4.08. The fourth-order valence-electron chi connectivity index (χ4n) is 6.98. The summed E-state index contributed by atoms with van der Waals surface area (Å²) in [5, 5.41) is 23.6. The molecule has 0 spiro atoms. The Morgan fingerprint density at radius 2 is 1.69 bits per heavy atom. The molecule has 1 saturated heterocycles. The Morgan fingerprint density at radius 3 is 2.31 bits per heavy atom. The van der Waals surface area contributed by atoms with Gasteiger partial charge in [-0.2, -0.15) is 0 Å². The van der Waals surface area contributed by atoms with Gasteiger partial charge in [0.1, 0.15) is 18.0 Å². The smallest absolute Gasteiger partial charge is 0.405 e. The molecule has 1 aliphatic heterocycles. The highest BCUT2D eigenvalue weighted by molar-refractivity contribution is 7.90. The molecule has 1 aliphatic rings. The Hall–Kier alpha value is -5.14. The number of amides is 2. The minimum absolute atomic E-state index is 0.0913. The maximum Gasteiger partial charge on any atom is 0.405 e. The number of carbonyl (C=O) groups is 2. The number of aryl methyl sites for hydroxylation is 2. The molecule has 6 rings (SSSR count). The first-order valence-electron chi connectivity index (χ1n) is 15.7. The zero-order valence-corrected chi connectivity index (χ0v) is 28.2. The number of nitrogens with one attached hydrogen (secondary N) is 1. The number of halogens is 1. The van der Waals surface area contributed by atoms with Crippen molar-refractivity contribution in [3.05, 3.63) is 102 Å². The summed E-state index contributed by atoms with van der Waals surface area (Å²) in [5.41, 5.74) is 2.21. The Balaban J connectivity index is 1.46. The Labute approximate surface area is 283 Å². The number of aromatic nitrogens is 3. The number of piperidine rings is 1. The van der Waals surface area contributed by atoms with Gasteiger partial charge in [0, 0.05) is 71.8 Å². The molecule has 11 nitrogen and oxygen atoms in total. The van der Waals surface area contributed by atoms with Crippen LogP contribution in [0.4, 0.5) is 9.18 Å². The second-order valence-corrected chi connectivity index (χ2v) is 14.5. The first-order chi connectivity index (χ1) is 23.2. The van der Waals surface area contributed by atoms with Crippen molar-refractivity contribution < 1.29 is 32.6 Å². The molecule has 5 aromatic rings. The highest BCUT2D eigenvalue weighted by Gasteiger charge is 2.49. The van der Waals surface area contributed by atoms with E-state index in [1.165, 1.54) is 23.4 Å². The van der Waals surface area contributed by atoms with Crippen molar-refractivity contribution in [1.82, 2.24) is 24.2 Å². The van der Waals surface area contributed by atoms with Crippen LogP contribution in [0.25, 0.3) is 33.3 Å². The van der Waals surface area contributed by atoms with E-state index in [4.69, 9.17) is 5.11 Å². The Kier molecular flexibility index (Phi) is 8.76. The van der Waals surface area contributed by atoms with Crippen LogP contribution < -0.4 is 5.32 Å². The largest absolute Gasteiger partial charge is 0.465 e. The lowest BCUT2D eigenvalue weighted by Crippen LogP contribution is -2.57. The predicted octanol–water partition coefficient (Wildman–Crippen LogP) is 5.33. The van der Waals surface area contributed by atoms with Gasteiger partial charge in [-0.05, 0) is 60.9 Å². The zero-order chi connectivity index (χ0) is 35.2. The summed E-state index contributed by atoms with van der Waals surface area (Å²) in [6, 6.07) is 14.9. The number of nitrogens with zero attached hydrogens (tertiary/aromatic N) is 4. The van der Waals surface area contributed by atoms with Crippen molar-refractivity contribution in [2.75, 3.05) is 19.6 Å². The van der Waals surface area contributed by atoms with Crippen LogP contribution in [0, 0.1) is 31.5 Å². The van der Waals surface area contributed by atoms with Crippen LogP contribution in [0.5, 0.6) is 0 Å². The third-order valence-corrected chi connectivity index (χ3v) is 11.1. The predicted molar refractivity (Wildman–Crippen MR) is 182 cm³/mol. The lowest BCUT2D eigenvalue weighted by atomic mass is 9.69. The van der Waals surface area contributed by atoms with Gasteiger partial charge in [0.15, 0.2) is 5.65 Å². The Bertz CT molecular complexity index is 2150. The minimum Gasteiger partial charge on any atom is -0.465 e. The number of benzene rings is 2. The summed E-state index contributed by atoms with van der Waals surface area (Å²) >= 11 is 0. The molecule has 0 radical (unpaired) electrons. The average Bonchev–Trinajstić information content (AvgIpc) is 3.47. The molecular formula is C36H36FN5O6S. The number of carbonyl (C=O) groups excluding carboxylic acids is 1. The van der Waals surface area contributed by atoms with Gasteiger partial charge in [-0.1, -0.05) is 43.7 Å². The molecule has 254 valence electrons. The van der Waals surface area contributed by atoms with Crippen LogP contribution >= 0.6 is 0 Å². The summed E-state index contributed by atoms with van der Waals surface area (Å²) in [4.78, 5) is 33.9. The number of rotatable bonds is 7. The second-order valence-electron chi connectivity index (χ2n) is 12.7. The third kappa shape index (κ3) is 5.93. The molecule has 2 amide bonds. The number of hydrogen-bond acceptors (Lipinski definition) is 7. The van der Waals surface area contributed by atoms with Crippen molar-refractivity contribution in [3.8, 4) is 22.3 Å². The topological polar surface area (TPSA) is 155 Å². The van der Waals surface area contributed by atoms with Crippen LogP contribution in [0.2, 0.25) is 0 Å². The highest BCUT2D eigenvalue weighted by Crippen LogP contribution is 2.46. The highest BCUT2D eigenvalue weighted by atomic mass is 32.2. The van der Waals surface area contributed by atoms with Gasteiger partial charge in [0.2, 0.25) is 5.91 Å². The van der Waals surface area contributed by atoms with E-state index in [1.54, 1.807) is 75.6 Å². The van der Waals surface area contributed by atoms with Gasteiger partial charge in [0.05, 0.1) is 4.90 Å². The van der Waals surface area contributed by atoms with Crippen LogP contribution in [-0.2, 0) is 20.4 Å². The monoisotopic (exact) mass is 685 g/mol. The van der Waals surface area contributed by atoms with Crippen molar-refractivity contribution in [3.63, 3.8) is 0 Å². The normalized spacial score (nSPS) is 19.6. The standard InChI is InChI=1S/C36H36FN5O6S/c1-21-7-9-27(10-8-21)49(47,48)42-20-29(25-6-5-12-38-16-25)32-28(11-13-39-34(32)42)26-14-22(2)33(30(37)15-26)36(46)23(3)18-41(19-24(36)4)31(43)17-40-35(44)45/h5-16,20,23-24,40,46H,17-19H2,1-4H3,(H,44,45)/t23-,24+,36-. The summed E-state index contributed by atoms with van der Waals surface area (Å²) < 4.78 is 45.6. The van der Waals surface area contributed by atoms with E-state index >= 15 is 4.39 Å². The molecule has 0 bridgehead atoms. The summed E-state index contributed by atoms with van der Waals surface area (Å²) in [7, 11) is -4.08. The zero-order valence-electron chi connectivity index (χ0n) is 27.4. The first kappa shape index (κ1) is 33.7. The summed E-state index contributed by atoms with van der Waals surface area (Å²) in [6.45, 7) is 6.85. The van der Waals surface area contributed by atoms with Gasteiger partial charge in [-0.15, -0.1) is 0 Å². The lowest BCUT2D eigenvalue weighted by molar-refractivity contribution is -0.148. The van der Waals surface area contributed by atoms with E-state index in [0.29, 0.717) is 33.2 Å². The molecule has 0 unspecified atom stereocenters. The fraction of sp³-hybridized carbons (Fsp3) is 0.278. The SMILES string of the molecule is Cc1ccc(S(=O)(=O)n2cc(-c3cccnc3)c3c(-c4cc(C)c([C@@]5(O)[C@H](C)CN(C(=O)CNC(=O)O)C[C@@H]5C)c(F)c4)ccnc32)cc1. The van der Waals surface area contributed by atoms with Crippen LogP contribution in [0.15, 0.2) is 84.3 Å². The fourth-order valence-corrected chi connectivity index (χ4v) is 8.30. The number of likely N-dealkylation sites (tertiary alicyclic amines) is 1. The molecule has 2 aromatic carbocycles. The summed E-state index contributed by atoms with van der Waals surface area (Å²) in [6.07, 6.45) is 4.91. The first-order valence-corrected chi connectivity index (χ1v) is 17.2. The van der Waals surface area contributed by atoms with Crippen LogP contribution in [0.3, 0.4) is 0 Å². The second kappa shape index (κ2) is 12.7. The number of fused-ring (bicyclic) bond motifs is 1. The van der Waals surface area contributed by atoms with Crippen molar-refractivity contribution in [1.29, 1.82) is 0 Å². The van der Waals surface area contributed by atoms with E-state index < -0.39 is 51.8 Å². The van der Waals surface area contributed by atoms with E-state index in [9.17, 15) is 23.1 Å². The van der Waals surface area contributed by atoms with Gasteiger partial charge in [0.25, 0.3) is 10.0 Å². The van der Waals surface area contributed by atoms with Gasteiger partial charge in [-0.3, -0.25) is 9.78 Å². The molecule has 0 aliphatic carbocycles. The molecule has 3 aromatic heterocycles. The third-order valence-electron chi connectivity index (χ3n) is 9.44. The van der Waals surface area contributed by atoms with Gasteiger partial charge < -0.3 is 20.4 Å². The number of hydrogen-bond donors (Lipinski definition) is 3. The van der Waals surface area contributed by atoms with E-state index in [0.717, 1.165) is 9.54 Å². The number of pyridine rings is 2. The quantitative estimate of drug-likeness (QED) is 0.208. The number of aliphatic hydroxyl groups is 1. The average molecular weight is 686 g/mol. The molecule has 3 N–H and O–H groups in total. The van der Waals surface area contributed by atoms with Crippen molar-refractivity contribution in [2.24, 2.45) is 11.8 Å². The van der Waals surface area contributed by atoms with Gasteiger partial charge in [-0.25, -0.2) is 26.6 Å². The maximum absolute atomic E-state index is 16.5.